The molecule has 0 aromatic carbocycles. The van der Waals surface area contributed by atoms with Crippen LogP contribution in [0.2, 0.25) is 0 Å². The van der Waals surface area contributed by atoms with E-state index in [9.17, 15) is 0 Å². The summed E-state index contributed by atoms with van der Waals surface area (Å²) in [5, 5.41) is 5.55. The van der Waals surface area contributed by atoms with Crippen LogP contribution in [0.25, 0.3) is 0 Å². The molecule has 5 heteroatoms. The molecule has 100 valence electrons. The lowest BCUT2D eigenvalue weighted by atomic mass is 10.0. The number of nitrogens with two attached hydrogens (primary N) is 1. The highest BCUT2D eigenvalue weighted by Crippen LogP contribution is 2.30. The largest absolute Gasteiger partial charge is 0.389 e. The van der Waals surface area contributed by atoms with E-state index < -0.39 is 0 Å². The number of hydrogen-bond acceptors (Lipinski definition) is 4. The van der Waals surface area contributed by atoms with Crippen molar-refractivity contribution in [2.45, 2.75) is 19.9 Å². The fourth-order valence-corrected chi connectivity index (χ4v) is 3.01. The van der Waals surface area contributed by atoms with Gasteiger partial charge in [-0.3, -0.25) is 0 Å². The third-order valence-electron chi connectivity index (χ3n) is 2.88. The van der Waals surface area contributed by atoms with E-state index in [2.05, 4.69) is 41.7 Å². The Morgan fingerprint density at radius 1 is 1.37 bits per heavy atom. The first-order valence-corrected chi connectivity index (χ1v) is 7.43. The van der Waals surface area contributed by atoms with E-state index >= 15 is 0 Å². The molecular weight excluding hydrogens is 274 g/mol. The second kappa shape index (κ2) is 6.12. The van der Waals surface area contributed by atoms with Crippen LogP contribution in [0.1, 0.15) is 30.3 Å². The van der Waals surface area contributed by atoms with E-state index in [0.717, 1.165) is 11.4 Å². The van der Waals surface area contributed by atoms with Crippen molar-refractivity contribution >= 4 is 34.4 Å². The number of anilines is 1. The monoisotopic (exact) mass is 291 g/mol. The van der Waals surface area contributed by atoms with Gasteiger partial charge in [-0.2, -0.15) is 0 Å². The van der Waals surface area contributed by atoms with E-state index in [-0.39, 0.29) is 6.04 Å². The van der Waals surface area contributed by atoms with Crippen LogP contribution in [-0.2, 0) is 0 Å². The Morgan fingerprint density at radius 3 is 2.74 bits per heavy atom. The van der Waals surface area contributed by atoms with E-state index in [1.165, 1.54) is 4.88 Å². The topological polar surface area (TPSA) is 50.9 Å². The second-order valence-corrected chi connectivity index (χ2v) is 6.06. The molecule has 2 aromatic rings. The zero-order valence-corrected chi connectivity index (χ0v) is 12.6. The van der Waals surface area contributed by atoms with Gasteiger partial charge in [0.15, 0.2) is 0 Å². The minimum Gasteiger partial charge on any atom is -0.389 e. The highest BCUT2D eigenvalue weighted by atomic mass is 32.1. The predicted molar refractivity (Wildman–Crippen MR) is 85.6 cm³/mol. The highest BCUT2D eigenvalue weighted by molar-refractivity contribution is 7.80. The van der Waals surface area contributed by atoms with Gasteiger partial charge in [-0.1, -0.05) is 32.1 Å². The molecule has 0 fully saturated rings. The molecule has 0 saturated carbocycles. The van der Waals surface area contributed by atoms with E-state index in [1.54, 1.807) is 17.5 Å². The number of aromatic nitrogens is 1. The molecule has 2 rings (SSSR count). The second-order valence-electron chi connectivity index (χ2n) is 4.65. The molecule has 2 heterocycles. The normalized spacial score (nSPS) is 12.4. The Bertz CT molecular complexity index is 550. The molecule has 3 N–H and O–H groups in total. The van der Waals surface area contributed by atoms with Gasteiger partial charge < -0.3 is 11.1 Å². The van der Waals surface area contributed by atoms with E-state index in [0.29, 0.717) is 10.9 Å². The molecule has 0 amide bonds. The zero-order chi connectivity index (χ0) is 13.8. The van der Waals surface area contributed by atoms with Crippen LogP contribution in [0.15, 0.2) is 35.8 Å². The maximum Gasteiger partial charge on any atom is 0.136 e. The Labute approximate surface area is 122 Å². The average molecular weight is 291 g/mol. The van der Waals surface area contributed by atoms with Gasteiger partial charge in [0, 0.05) is 11.1 Å². The first-order valence-electron chi connectivity index (χ1n) is 6.14. The third-order valence-corrected chi connectivity index (χ3v) is 4.06. The van der Waals surface area contributed by atoms with Crippen LogP contribution in [0.3, 0.4) is 0 Å². The third kappa shape index (κ3) is 3.30. The lowest BCUT2D eigenvalue weighted by molar-refractivity contribution is 0.552. The predicted octanol–water partition coefficient (Wildman–Crippen LogP) is 3.59. The van der Waals surface area contributed by atoms with Gasteiger partial charge in [-0.15, -0.1) is 11.3 Å². The van der Waals surface area contributed by atoms with Crippen molar-refractivity contribution in [1.82, 2.24) is 4.98 Å². The molecule has 1 unspecified atom stereocenters. The minimum absolute atomic E-state index is 0.211. The Hall–Kier alpha value is -1.46. The Morgan fingerprint density at radius 2 is 2.16 bits per heavy atom. The van der Waals surface area contributed by atoms with Crippen LogP contribution in [0.5, 0.6) is 0 Å². The van der Waals surface area contributed by atoms with Crippen molar-refractivity contribution in [3.05, 3.63) is 46.3 Å². The van der Waals surface area contributed by atoms with Crippen molar-refractivity contribution < 1.29 is 0 Å². The molecule has 0 saturated heterocycles. The van der Waals surface area contributed by atoms with E-state index in [4.69, 9.17) is 18.0 Å². The van der Waals surface area contributed by atoms with Crippen molar-refractivity contribution in [1.29, 1.82) is 0 Å². The first-order chi connectivity index (χ1) is 9.09. The van der Waals surface area contributed by atoms with Crippen molar-refractivity contribution in [3.8, 4) is 0 Å². The molecule has 19 heavy (non-hydrogen) atoms. The molecule has 0 bridgehead atoms. The van der Waals surface area contributed by atoms with E-state index in [1.807, 2.05) is 12.1 Å². The summed E-state index contributed by atoms with van der Waals surface area (Å²) in [5.41, 5.74) is 6.53. The van der Waals surface area contributed by atoms with Crippen LogP contribution < -0.4 is 11.1 Å². The molecular formula is C14H17N3S2. The van der Waals surface area contributed by atoms with Crippen LogP contribution in [0, 0.1) is 5.92 Å². The summed E-state index contributed by atoms with van der Waals surface area (Å²) in [6.07, 6.45) is 1.75. The minimum atomic E-state index is 0.211. The highest BCUT2D eigenvalue weighted by Gasteiger charge is 2.18. The van der Waals surface area contributed by atoms with Crippen molar-refractivity contribution in [2.75, 3.05) is 5.32 Å². The standard InChI is InChI=1S/C14H17N3S2/c1-9(2)12(11-6-4-8-19-11)17-14-10(13(15)18)5-3-7-16-14/h3-9,12H,1-2H3,(H2,15,18)(H,16,17). The summed E-state index contributed by atoms with van der Waals surface area (Å²) < 4.78 is 0. The lowest BCUT2D eigenvalue weighted by Gasteiger charge is -2.23. The summed E-state index contributed by atoms with van der Waals surface area (Å²) >= 11 is 6.81. The molecule has 0 radical (unpaired) electrons. The van der Waals surface area contributed by atoms with Crippen LogP contribution >= 0.6 is 23.6 Å². The molecule has 0 aliphatic rings. The number of pyridine rings is 1. The first kappa shape index (κ1) is 14.0. The Kier molecular flexibility index (Phi) is 4.50. The van der Waals surface area contributed by atoms with Crippen LogP contribution in [0.4, 0.5) is 5.82 Å². The van der Waals surface area contributed by atoms with Crippen molar-refractivity contribution in [3.63, 3.8) is 0 Å². The number of thiocarbonyl (C=S) groups is 1. The van der Waals surface area contributed by atoms with Gasteiger partial charge >= 0.3 is 0 Å². The summed E-state index contributed by atoms with van der Waals surface area (Å²) in [6.45, 7) is 4.36. The molecule has 0 aliphatic heterocycles. The molecule has 2 aromatic heterocycles. The summed E-state index contributed by atoms with van der Waals surface area (Å²) in [5.74, 6) is 1.20. The smallest absolute Gasteiger partial charge is 0.136 e. The SMILES string of the molecule is CC(C)C(Nc1ncccc1C(N)=S)c1cccs1. The number of rotatable bonds is 5. The number of thiophene rings is 1. The molecule has 1 atom stereocenters. The lowest BCUT2D eigenvalue weighted by Crippen LogP contribution is -2.20. The summed E-state index contributed by atoms with van der Waals surface area (Å²) in [7, 11) is 0. The number of hydrogen-bond donors (Lipinski definition) is 2. The van der Waals surface area contributed by atoms with Gasteiger partial charge in [0.05, 0.1) is 11.6 Å². The van der Waals surface area contributed by atoms with Crippen LogP contribution in [-0.4, -0.2) is 9.97 Å². The van der Waals surface area contributed by atoms with Gasteiger partial charge in [0.25, 0.3) is 0 Å². The molecule has 0 aliphatic carbocycles. The molecule has 3 nitrogen and oxygen atoms in total. The van der Waals surface area contributed by atoms with Crippen molar-refractivity contribution in [2.24, 2.45) is 11.7 Å². The summed E-state index contributed by atoms with van der Waals surface area (Å²) in [4.78, 5) is 6.01. The van der Waals surface area contributed by atoms with Gasteiger partial charge in [-0.05, 0) is 29.5 Å². The fourth-order valence-electron chi connectivity index (χ4n) is 1.90. The maximum atomic E-state index is 5.74. The average Bonchev–Trinajstić information content (AvgIpc) is 2.89. The molecule has 0 spiro atoms. The zero-order valence-electron chi connectivity index (χ0n) is 11.0. The Balaban J connectivity index is 2.30. The fraction of sp³-hybridized carbons (Fsp3) is 0.286. The summed E-state index contributed by atoms with van der Waals surface area (Å²) in [6, 6.07) is 8.14. The van der Waals surface area contributed by atoms with Gasteiger partial charge in [0.2, 0.25) is 0 Å². The number of nitrogens with one attached hydrogen (secondary N) is 1. The number of nitrogens with zero attached hydrogens (tertiary/aromatic N) is 1. The maximum absolute atomic E-state index is 5.74. The van der Waals surface area contributed by atoms with Gasteiger partial charge in [-0.25, -0.2) is 4.98 Å². The van der Waals surface area contributed by atoms with Gasteiger partial charge in [0.1, 0.15) is 10.8 Å². The quantitative estimate of drug-likeness (QED) is 0.827.